The molecule has 0 spiro atoms. The normalized spacial score (nSPS) is 10.5. The average molecular weight is 447 g/mol. The van der Waals surface area contributed by atoms with E-state index in [0.717, 1.165) is 37.9 Å². The minimum Gasteiger partial charge on any atom is -0.494 e. The third kappa shape index (κ3) is 8.11. The van der Waals surface area contributed by atoms with Crippen LogP contribution in [0.2, 0.25) is 0 Å². The number of rotatable bonds is 12. The topological polar surface area (TPSA) is 61.8 Å². The van der Waals surface area contributed by atoms with Gasteiger partial charge in [0.25, 0.3) is 0 Å². The van der Waals surface area contributed by atoms with E-state index in [0.29, 0.717) is 30.1 Å². The summed E-state index contributed by atoms with van der Waals surface area (Å²) in [6.45, 7) is 3.16. The summed E-state index contributed by atoms with van der Waals surface area (Å²) in [6, 6.07) is 23.3. The molecule has 0 saturated heterocycles. The van der Waals surface area contributed by atoms with Gasteiger partial charge in [0.2, 0.25) is 0 Å². The van der Waals surface area contributed by atoms with Gasteiger partial charge in [-0.2, -0.15) is 0 Å². The van der Waals surface area contributed by atoms with Crippen LogP contribution in [0.3, 0.4) is 0 Å². The predicted octanol–water partition coefficient (Wildman–Crippen LogP) is 6.26. The van der Waals surface area contributed by atoms with Crippen molar-refractivity contribution in [2.45, 2.75) is 39.0 Å². The van der Waals surface area contributed by atoms with E-state index >= 15 is 0 Å². The third-order valence-electron chi connectivity index (χ3n) is 5.09. The van der Waals surface area contributed by atoms with Crippen molar-refractivity contribution in [3.8, 4) is 11.5 Å². The smallest absolute Gasteiger partial charge is 0.343 e. The maximum absolute atomic E-state index is 12.4. The number of esters is 2. The zero-order valence-corrected chi connectivity index (χ0v) is 19.0. The Balaban J connectivity index is 1.42. The second-order valence-electron chi connectivity index (χ2n) is 7.72. The van der Waals surface area contributed by atoms with Gasteiger partial charge in [0, 0.05) is 0 Å². The Labute approximate surface area is 195 Å². The first kappa shape index (κ1) is 24.1. The Kier molecular flexibility index (Phi) is 9.52. The van der Waals surface area contributed by atoms with Gasteiger partial charge in [-0.3, -0.25) is 0 Å². The summed E-state index contributed by atoms with van der Waals surface area (Å²) in [5, 5.41) is 0. The summed E-state index contributed by atoms with van der Waals surface area (Å²) < 4.78 is 16.4. The minimum absolute atomic E-state index is 0.350. The summed E-state index contributed by atoms with van der Waals surface area (Å²) in [5.41, 5.74) is 2.06. The van der Waals surface area contributed by atoms with Gasteiger partial charge in [-0.05, 0) is 73.4 Å². The highest BCUT2D eigenvalue weighted by atomic mass is 16.5. The van der Waals surface area contributed by atoms with E-state index in [1.165, 1.54) is 5.56 Å². The summed E-state index contributed by atoms with van der Waals surface area (Å²) in [4.78, 5) is 24.6. The lowest BCUT2D eigenvalue weighted by molar-refractivity contribution is 0.0500. The molecule has 5 heteroatoms. The van der Waals surface area contributed by atoms with Crippen molar-refractivity contribution in [3.63, 3.8) is 0 Å². The molecule has 0 saturated carbocycles. The fourth-order valence-electron chi connectivity index (χ4n) is 3.22. The van der Waals surface area contributed by atoms with Crippen LogP contribution in [-0.2, 0) is 11.2 Å². The Morgan fingerprint density at radius 1 is 0.667 bits per heavy atom. The van der Waals surface area contributed by atoms with E-state index < -0.39 is 11.9 Å². The van der Waals surface area contributed by atoms with Crippen molar-refractivity contribution in [3.05, 3.63) is 95.6 Å². The maximum atomic E-state index is 12.4. The van der Waals surface area contributed by atoms with Gasteiger partial charge in [0.15, 0.2) is 0 Å². The molecule has 3 aromatic carbocycles. The number of carbonyl (C=O) groups excluding carboxylic acids is 2. The van der Waals surface area contributed by atoms with E-state index in [2.05, 4.69) is 19.1 Å². The van der Waals surface area contributed by atoms with Gasteiger partial charge in [-0.1, -0.05) is 50.1 Å². The van der Waals surface area contributed by atoms with E-state index in [1.807, 2.05) is 18.2 Å². The van der Waals surface area contributed by atoms with Crippen LogP contribution in [0.1, 0.15) is 58.9 Å². The number of aryl methyl sites for hydroxylation is 1. The highest BCUT2D eigenvalue weighted by molar-refractivity contribution is 5.92. The lowest BCUT2D eigenvalue weighted by Gasteiger charge is -2.08. The Morgan fingerprint density at radius 3 is 1.97 bits per heavy atom. The highest BCUT2D eigenvalue weighted by Crippen LogP contribution is 2.17. The lowest BCUT2D eigenvalue weighted by atomic mass is 10.1. The number of benzene rings is 3. The van der Waals surface area contributed by atoms with Gasteiger partial charge in [-0.25, -0.2) is 9.59 Å². The Bertz CT molecular complexity index is 995. The fraction of sp³-hybridized carbons (Fsp3) is 0.286. The van der Waals surface area contributed by atoms with Crippen LogP contribution in [0.15, 0.2) is 78.9 Å². The van der Waals surface area contributed by atoms with E-state index in [1.54, 1.807) is 48.5 Å². The Morgan fingerprint density at radius 2 is 1.30 bits per heavy atom. The predicted molar refractivity (Wildman–Crippen MR) is 128 cm³/mol. The molecule has 0 bridgehead atoms. The summed E-state index contributed by atoms with van der Waals surface area (Å²) in [6.07, 6.45) is 4.90. The van der Waals surface area contributed by atoms with Gasteiger partial charge in [0.05, 0.1) is 24.3 Å². The molecule has 0 fully saturated rings. The van der Waals surface area contributed by atoms with Crippen LogP contribution in [0.4, 0.5) is 0 Å². The second kappa shape index (κ2) is 13.1. The number of carbonyl (C=O) groups is 2. The average Bonchev–Trinajstić information content (AvgIpc) is 2.86. The largest absolute Gasteiger partial charge is 0.494 e. The first-order valence-electron chi connectivity index (χ1n) is 11.4. The molecule has 3 rings (SSSR count). The highest BCUT2D eigenvalue weighted by Gasteiger charge is 2.11. The summed E-state index contributed by atoms with van der Waals surface area (Å²) in [5.74, 6) is 0.231. The molecule has 0 amide bonds. The van der Waals surface area contributed by atoms with Crippen LogP contribution in [-0.4, -0.2) is 25.2 Å². The molecule has 0 N–H and O–H groups in total. The molecule has 33 heavy (non-hydrogen) atoms. The second-order valence-corrected chi connectivity index (χ2v) is 7.72. The van der Waals surface area contributed by atoms with Crippen LogP contribution in [0.5, 0.6) is 11.5 Å². The van der Waals surface area contributed by atoms with Gasteiger partial charge < -0.3 is 14.2 Å². The Hall–Kier alpha value is -3.60. The molecular formula is C28H30O5. The van der Waals surface area contributed by atoms with Crippen molar-refractivity contribution in [1.82, 2.24) is 0 Å². The molecule has 0 atom stereocenters. The zero-order valence-electron chi connectivity index (χ0n) is 19.0. The minimum atomic E-state index is -0.469. The van der Waals surface area contributed by atoms with Crippen LogP contribution >= 0.6 is 0 Å². The quantitative estimate of drug-likeness (QED) is 0.187. The molecule has 0 aromatic heterocycles. The van der Waals surface area contributed by atoms with Crippen molar-refractivity contribution in [2.75, 3.05) is 13.2 Å². The first-order valence-corrected chi connectivity index (χ1v) is 11.4. The molecular weight excluding hydrogens is 416 g/mol. The van der Waals surface area contributed by atoms with Crippen LogP contribution < -0.4 is 9.47 Å². The third-order valence-corrected chi connectivity index (χ3v) is 5.09. The molecule has 172 valence electrons. The number of hydrogen-bond donors (Lipinski definition) is 0. The summed E-state index contributed by atoms with van der Waals surface area (Å²) in [7, 11) is 0. The molecule has 3 aromatic rings. The molecule has 0 unspecified atom stereocenters. The SMILES string of the molecule is CCCCCOc1ccc(C(=O)Oc2ccc(C(=O)OCCCc3ccccc3)cc2)cc1. The number of ether oxygens (including phenoxy) is 3. The van der Waals surface area contributed by atoms with Gasteiger partial charge in [0.1, 0.15) is 11.5 Å². The fourth-order valence-corrected chi connectivity index (χ4v) is 3.22. The standard InChI is InChI=1S/C28H30O5/c1-2-3-7-20-31-25-16-12-24(13-17-25)28(30)33-26-18-14-23(15-19-26)27(29)32-21-8-11-22-9-5-4-6-10-22/h4-6,9-10,12-19H,2-3,7-8,11,20-21H2,1H3. The maximum Gasteiger partial charge on any atom is 0.343 e. The van der Waals surface area contributed by atoms with Crippen LogP contribution in [0.25, 0.3) is 0 Å². The molecule has 0 heterocycles. The zero-order chi connectivity index (χ0) is 23.3. The van der Waals surface area contributed by atoms with Gasteiger partial charge >= 0.3 is 11.9 Å². The molecule has 0 aliphatic rings. The van der Waals surface area contributed by atoms with Crippen molar-refractivity contribution >= 4 is 11.9 Å². The number of unbranched alkanes of at least 4 members (excludes halogenated alkanes) is 2. The molecule has 0 radical (unpaired) electrons. The van der Waals surface area contributed by atoms with E-state index in [9.17, 15) is 9.59 Å². The van der Waals surface area contributed by atoms with Crippen molar-refractivity contribution in [1.29, 1.82) is 0 Å². The number of hydrogen-bond acceptors (Lipinski definition) is 5. The van der Waals surface area contributed by atoms with E-state index in [4.69, 9.17) is 14.2 Å². The van der Waals surface area contributed by atoms with E-state index in [-0.39, 0.29) is 0 Å². The lowest BCUT2D eigenvalue weighted by Crippen LogP contribution is -2.09. The summed E-state index contributed by atoms with van der Waals surface area (Å²) >= 11 is 0. The van der Waals surface area contributed by atoms with Crippen molar-refractivity contribution in [2.24, 2.45) is 0 Å². The van der Waals surface area contributed by atoms with Crippen molar-refractivity contribution < 1.29 is 23.8 Å². The van der Waals surface area contributed by atoms with Gasteiger partial charge in [-0.15, -0.1) is 0 Å². The monoisotopic (exact) mass is 446 g/mol. The first-order chi connectivity index (χ1) is 16.2. The molecule has 0 aliphatic carbocycles. The van der Waals surface area contributed by atoms with Crippen LogP contribution in [0, 0.1) is 0 Å². The molecule has 0 aliphatic heterocycles. The molecule has 5 nitrogen and oxygen atoms in total.